The number of nitrogens with one attached hydrogen (secondary N) is 1. The molecule has 1 aromatic carbocycles. The first-order valence-corrected chi connectivity index (χ1v) is 4.80. The maximum atomic E-state index is 9.74. The van der Waals surface area contributed by atoms with Crippen LogP contribution in [0.1, 0.15) is 11.7 Å². The number of benzene rings is 1. The van der Waals surface area contributed by atoms with Crippen LogP contribution in [0.5, 0.6) is 5.75 Å². The Morgan fingerprint density at radius 2 is 2.33 bits per heavy atom. The first kappa shape index (κ1) is 10.0. The van der Waals surface area contributed by atoms with E-state index in [2.05, 4.69) is 4.98 Å². The number of aromatic nitrogens is 1. The van der Waals surface area contributed by atoms with Crippen molar-refractivity contribution in [3.05, 3.63) is 30.0 Å². The van der Waals surface area contributed by atoms with Gasteiger partial charge < -0.3 is 20.6 Å². The zero-order valence-electron chi connectivity index (χ0n) is 8.53. The molecule has 4 N–H and O–H groups in total. The van der Waals surface area contributed by atoms with Crippen molar-refractivity contribution >= 4 is 10.9 Å². The molecule has 15 heavy (non-hydrogen) atoms. The van der Waals surface area contributed by atoms with Gasteiger partial charge in [-0.15, -0.1) is 0 Å². The van der Waals surface area contributed by atoms with Crippen LogP contribution in [0.2, 0.25) is 0 Å². The van der Waals surface area contributed by atoms with E-state index >= 15 is 0 Å². The number of aromatic amines is 1. The van der Waals surface area contributed by atoms with Gasteiger partial charge in [0.1, 0.15) is 5.75 Å². The number of methoxy groups -OCH3 is 1. The van der Waals surface area contributed by atoms with Crippen LogP contribution >= 0.6 is 0 Å². The van der Waals surface area contributed by atoms with Crippen molar-refractivity contribution in [2.24, 2.45) is 5.73 Å². The SMILES string of the molecule is COc1cccc2[nH]cc(C(O)CN)c12. The fourth-order valence-electron chi connectivity index (χ4n) is 1.74. The van der Waals surface area contributed by atoms with E-state index in [0.717, 1.165) is 22.2 Å². The van der Waals surface area contributed by atoms with Gasteiger partial charge in [-0.1, -0.05) is 6.07 Å². The lowest BCUT2D eigenvalue weighted by atomic mass is 10.1. The summed E-state index contributed by atoms with van der Waals surface area (Å²) >= 11 is 0. The molecule has 0 aliphatic rings. The molecular formula is C11H14N2O2. The van der Waals surface area contributed by atoms with E-state index < -0.39 is 6.10 Å². The Morgan fingerprint density at radius 1 is 1.53 bits per heavy atom. The van der Waals surface area contributed by atoms with Crippen molar-refractivity contribution < 1.29 is 9.84 Å². The van der Waals surface area contributed by atoms with Crippen LogP contribution in [0, 0.1) is 0 Å². The van der Waals surface area contributed by atoms with Crippen molar-refractivity contribution in [1.82, 2.24) is 4.98 Å². The van der Waals surface area contributed by atoms with Gasteiger partial charge >= 0.3 is 0 Å². The number of H-pyrrole nitrogens is 1. The molecule has 1 atom stereocenters. The number of aliphatic hydroxyl groups excluding tert-OH is 1. The second-order valence-electron chi connectivity index (χ2n) is 3.38. The number of nitrogens with two attached hydrogens (primary N) is 1. The molecular weight excluding hydrogens is 192 g/mol. The van der Waals surface area contributed by atoms with E-state index in [4.69, 9.17) is 10.5 Å². The van der Waals surface area contributed by atoms with Crippen LogP contribution in [0.3, 0.4) is 0 Å². The molecule has 0 saturated heterocycles. The number of fused-ring (bicyclic) bond motifs is 1. The molecule has 80 valence electrons. The van der Waals surface area contributed by atoms with Gasteiger partial charge in [0.15, 0.2) is 0 Å². The molecule has 2 aromatic rings. The quantitative estimate of drug-likeness (QED) is 0.706. The molecule has 1 unspecified atom stereocenters. The summed E-state index contributed by atoms with van der Waals surface area (Å²) in [6.07, 6.45) is 1.11. The fraction of sp³-hybridized carbons (Fsp3) is 0.273. The topological polar surface area (TPSA) is 71.3 Å². The minimum Gasteiger partial charge on any atom is -0.496 e. The lowest BCUT2D eigenvalue weighted by Gasteiger charge is -2.08. The van der Waals surface area contributed by atoms with Gasteiger partial charge in [-0.2, -0.15) is 0 Å². The summed E-state index contributed by atoms with van der Waals surface area (Å²) in [4.78, 5) is 3.08. The molecule has 0 bridgehead atoms. The summed E-state index contributed by atoms with van der Waals surface area (Å²) in [5, 5.41) is 10.6. The van der Waals surface area contributed by atoms with Crippen LogP contribution in [0.15, 0.2) is 24.4 Å². The first-order valence-electron chi connectivity index (χ1n) is 4.80. The number of aliphatic hydroxyl groups is 1. The van der Waals surface area contributed by atoms with Crippen LogP contribution in [0.4, 0.5) is 0 Å². The van der Waals surface area contributed by atoms with Gasteiger partial charge in [0.25, 0.3) is 0 Å². The second kappa shape index (κ2) is 3.92. The molecule has 1 heterocycles. The average Bonchev–Trinajstić information content (AvgIpc) is 2.71. The second-order valence-corrected chi connectivity index (χ2v) is 3.38. The van der Waals surface area contributed by atoms with E-state index in [0.29, 0.717) is 0 Å². The van der Waals surface area contributed by atoms with Crippen molar-refractivity contribution in [2.75, 3.05) is 13.7 Å². The highest BCUT2D eigenvalue weighted by Gasteiger charge is 2.14. The van der Waals surface area contributed by atoms with Crippen LogP contribution in [-0.4, -0.2) is 23.7 Å². The lowest BCUT2D eigenvalue weighted by Crippen LogP contribution is -2.11. The number of rotatable bonds is 3. The minimum absolute atomic E-state index is 0.199. The molecule has 0 amide bonds. The summed E-state index contributed by atoms with van der Waals surface area (Å²) in [6.45, 7) is 0.199. The predicted octanol–water partition coefficient (Wildman–Crippen LogP) is 1.17. The van der Waals surface area contributed by atoms with E-state index in [1.54, 1.807) is 13.3 Å². The summed E-state index contributed by atoms with van der Waals surface area (Å²) < 4.78 is 5.25. The van der Waals surface area contributed by atoms with Gasteiger partial charge in [-0.25, -0.2) is 0 Å². The van der Waals surface area contributed by atoms with Crippen LogP contribution < -0.4 is 10.5 Å². The molecule has 0 saturated carbocycles. The zero-order chi connectivity index (χ0) is 10.8. The molecule has 2 rings (SSSR count). The highest BCUT2D eigenvalue weighted by Crippen LogP contribution is 2.31. The fourth-order valence-corrected chi connectivity index (χ4v) is 1.74. The summed E-state index contributed by atoms with van der Waals surface area (Å²) in [5.41, 5.74) is 7.16. The predicted molar refractivity (Wildman–Crippen MR) is 58.9 cm³/mol. The molecule has 0 radical (unpaired) electrons. The summed E-state index contributed by atoms with van der Waals surface area (Å²) in [5.74, 6) is 0.747. The van der Waals surface area contributed by atoms with Crippen molar-refractivity contribution in [1.29, 1.82) is 0 Å². The first-order chi connectivity index (χ1) is 7.27. The Hall–Kier alpha value is -1.52. The van der Waals surface area contributed by atoms with Crippen LogP contribution in [-0.2, 0) is 0 Å². The number of hydrogen-bond donors (Lipinski definition) is 3. The number of hydrogen-bond acceptors (Lipinski definition) is 3. The van der Waals surface area contributed by atoms with E-state index in [1.165, 1.54) is 0 Å². The zero-order valence-corrected chi connectivity index (χ0v) is 8.53. The Labute approximate surface area is 87.7 Å². The third-order valence-electron chi connectivity index (χ3n) is 2.50. The summed E-state index contributed by atoms with van der Waals surface area (Å²) in [7, 11) is 1.61. The molecule has 4 nitrogen and oxygen atoms in total. The highest BCUT2D eigenvalue weighted by atomic mass is 16.5. The Bertz CT molecular complexity index is 465. The van der Waals surface area contributed by atoms with Crippen molar-refractivity contribution in [3.8, 4) is 5.75 Å². The van der Waals surface area contributed by atoms with E-state index in [1.807, 2.05) is 18.2 Å². The van der Waals surface area contributed by atoms with Gasteiger partial charge in [0.05, 0.1) is 13.2 Å². The van der Waals surface area contributed by atoms with Crippen molar-refractivity contribution in [2.45, 2.75) is 6.10 Å². The molecule has 0 fully saturated rings. The van der Waals surface area contributed by atoms with Gasteiger partial charge in [0.2, 0.25) is 0 Å². The largest absolute Gasteiger partial charge is 0.496 e. The normalized spacial score (nSPS) is 13.0. The Kier molecular flexibility index (Phi) is 2.62. The monoisotopic (exact) mass is 206 g/mol. The third-order valence-corrected chi connectivity index (χ3v) is 2.50. The molecule has 0 aliphatic carbocycles. The summed E-state index contributed by atoms with van der Waals surface area (Å²) in [6, 6.07) is 5.70. The molecule has 4 heteroatoms. The number of ether oxygens (including phenoxy) is 1. The molecule has 1 aromatic heterocycles. The van der Waals surface area contributed by atoms with E-state index in [-0.39, 0.29) is 6.54 Å². The Morgan fingerprint density at radius 3 is 3.00 bits per heavy atom. The smallest absolute Gasteiger partial charge is 0.128 e. The standard InChI is InChI=1S/C11H14N2O2/c1-15-10-4-2-3-8-11(10)7(6-13-8)9(14)5-12/h2-4,6,9,13-14H,5,12H2,1H3. The van der Waals surface area contributed by atoms with Crippen molar-refractivity contribution in [3.63, 3.8) is 0 Å². The maximum absolute atomic E-state index is 9.74. The third kappa shape index (κ3) is 1.58. The molecule has 0 aliphatic heterocycles. The minimum atomic E-state index is -0.657. The maximum Gasteiger partial charge on any atom is 0.128 e. The van der Waals surface area contributed by atoms with Gasteiger partial charge in [-0.3, -0.25) is 0 Å². The molecule has 0 spiro atoms. The van der Waals surface area contributed by atoms with Crippen LogP contribution in [0.25, 0.3) is 10.9 Å². The lowest BCUT2D eigenvalue weighted by molar-refractivity contribution is 0.188. The van der Waals surface area contributed by atoms with Gasteiger partial charge in [0, 0.05) is 29.2 Å². The Balaban J connectivity index is 2.65. The van der Waals surface area contributed by atoms with E-state index in [9.17, 15) is 5.11 Å². The average molecular weight is 206 g/mol. The highest BCUT2D eigenvalue weighted by molar-refractivity contribution is 5.89. The van der Waals surface area contributed by atoms with Gasteiger partial charge in [-0.05, 0) is 12.1 Å².